The maximum Gasteiger partial charge on any atom is 0.284 e. The van der Waals surface area contributed by atoms with E-state index in [1.807, 2.05) is 0 Å². The molecule has 0 bridgehead atoms. The van der Waals surface area contributed by atoms with Gasteiger partial charge in [-0.05, 0) is 30.4 Å². The fourth-order valence-corrected chi connectivity index (χ4v) is 3.58. The topological polar surface area (TPSA) is 68.6 Å². The summed E-state index contributed by atoms with van der Waals surface area (Å²) in [5.41, 5.74) is 4.62. The molecule has 1 N–H and O–H groups in total. The van der Waals surface area contributed by atoms with Gasteiger partial charge in [0.05, 0.1) is 30.7 Å². The summed E-state index contributed by atoms with van der Waals surface area (Å²) in [6, 6.07) is 7.03. The third kappa shape index (κ3) is 2.48. The fraction of sp³-hybridized carbons (Fsp3) is 0.389. The molecule has 6 nitrogen and oxygen atoms in total. The van der Waals surface area contributed by atoms with Gasteiger partial charge in [0.25, 0.3) is 6.02 Å². The van der Waals surface area contributed by atoms with Gasteiger partial charge in [0.1, 0.15) is 6.61 Å². The van der Waals surface area contributed by atoms with E-state index in [9.17, 15) is 0 Å². The molecule has 1 saturated heterocycles. The first-order valence-corrected chi connectivity index (χ1v) is 8.08. The van der Waals surface area contributed by atoms with Gasteiger partial charge in [-0.3, -0.25) is 4.98 Å². The van der Waals surface area contributed by atoms with Crippen LogP contribution in [0.25, 0.3) is 11.3 Å². The van der Waals surface area contributed by atoms with Crippen molar-refractivity contribution in [2.45, 2.75) is 24.8 Å². The molecule has 0 radical (unpaired) electrons. The quantitative estimate of drug-likeness (QED) is 0.915. The van der Waals surface area contributed by atoms with E-state index in [0.29, 0.717) is 18.5 Å². The SMILES string of the molecule is CN=C1NC2(CCc3c(cccc3-c3cncc(OC)n3)C2)CO1. The van der Waals surface area contributed by atoms with Crippen LogP contribution in [-0.2, 0) is 17.6 Å². The number of aliphatic imine (C=N–C) groups is 1. The molecule has 1 atom stereocenters. The molecule has 24 heavy (non-hydrogen) atoms. The number of aromatic nitrogens is 2. The van der Waals surface area contributed by atoms with E-state index in [2.05, 4.69) is 38.5 Å². The number of nitrogens with one attached hydrogen (secondary N) is 1. The second-order valence-corrected chi connectivity index (χ2v) is 6.29. The highest BCUT2D eigenvalue weighted by Crippen LogP contribution is 2.36. The molecule has 1 aliphatic heterocycles. The molecule has 0 amide bonds. The molecular weight excluding hydrogens is 304 g/mol. The Morgan fingerprint density at radius 2 is 2.25 bits per heavy atom. The molecule has 124 valence electrons. The van der Waals surface area contributed by atoms with E-state index in [0.717, 1.165) is 30.5 Å². The lowest BCUT2D eigenvalue weighted by Gasteiger charge is -2.33. The van der Waals surface area contributed by atoms with Crippen molar-refractivity contribution in [3.63, 3.8) is 0 Å². The molecule has 0 saturated carbocycles. The van der Waals surface area contributed by atoms with Crippen LogP contribution in [0.3, 0.4) is 0 Å². The third-order valence-electron chi connectivity index (χ3n) is 4.81. The van der Waals surface area contributed by atoms with Crippen molar-refractivity contribution in [2.75, 3.05) is 20.8 Å². The Bertz CT molecular complexity index is 805. The normalized spacial score (nSPS) is 23.7. The minimum absolute atomic E-state index is 0.0411. The predicted molar refractivity (Wildman–Crippen MR) is 91.2 cm³/mol. The molecule has 1 spiro atoms. The molecule has 2 heterocycles. The van der Waals surface area contributed by atoms with Crippen LogP contribution in [-0.4, -0.2) is 42.3 Å². The molecule has 1 fully saturated rings. The highest BCUT2D eigenvalue weighted by molar-refractivity contribution is 5.77. The molecule has 1 aliphatic carbocycles. The monoisotopic (exact) mass is 324 g/mol. The highest BCUT2D eigenvalue weighted by Gasteiger charge is 2.41. The Hall–Kier alpha value is -2.63. The summed E-state index contributed by atoms with van der Waals surface area (Å²) >= 11 is 0. The van der Waals surface area contributed by atoms with Crippen LogP contribution in [0.5, 0.6) is 5.88 Å². The molecule has 1 aromatic heterocycles. The summed E-state index contributed by atoms with van der Waals surface area (Å²) in [7, 11) is 3.36. The molecule has 1 unspecified atom stereocenters. The Labute approximate surface area is 141 Å². The summed E-state index contributed by atoms with van der Waals surface area (Å²) in [4.78, 5) is 12.9. The van der Waals surface area contributed by atoms with Gasteiger partial charge in [-0.25, -0.2) is 9.98 Å². The maximum absolute atomic E-state index is 5.66. The number of fused-ring (bicyclic) bond motifs is 1. The van der Waals surface area contributed by atoms with Crippen molar-refractivity contribution < 1.29 is 9.47 Å². The van der Waals surface area contributed by atoms with E-state index in [1.165, 1.54) is 11.1 Å². The van der Waals surface area contributed by atoms with Crippen molar-refractivity contribution in [1.82, 2.24) is 15.3 Å². The average molecular weight is 324 g/mol. The molecule has 2 aromatic rings. The van der Waals surface area contributed by atoms with Crippen LogP contribution in [0.2, 0.25) is 0 Å². The van der Waals surface area contributed by atoms with Crippen LogP contribution in [0.4, 0.5) is 0 Å². The van der Waals surface area contributed by atoms with Crippen molar-refractivity contribution in [2.24, 2.45) is 4.99 Å². The Balaban J connectivity index is 1.70. The van der Waals surface area contributed by atoms with Gasteiger partial charge in [-0.2, -0.15) is 0 Å². The summed E-state index contributed by atoms with van der Waals surface area (Å²) in [5, 5.41) is 3.45. The van der Waals surface area contributed by atoms with E-state index in [4.69, 9.17) is 9.47 Å². The second-order valence-electron chi connectivity index (χ2n) is 6.29. The zero-order valence-electron chi connectivity index (χ0n) is 13.9. The van der Waals surface area contributed by atoms with E-state index < -0.39 is 0 Å². The van der Waals surface area contributed by atoms with Gasteiger partial charge in [0.15, 0.2) is 0 Å². The van der Waals surface area contributed by atoms with Crippen molar-refractivity contribution in [3.05, 3.63) is 41.7 Å². The summed E-state index contributed by atoms with van der Waals surface area (Å²) < 4.78 is 10.9. The number of methoxy groups -OCH3 is 1. The van der Waals surface area contributed by atoms with E-state index in [-0.39, 0.29) is 5.54 Å². The first-order valence-electron chi connectivity index (χ1n) is 8.08. The number of nitrogens with zero attached hydrogens (tertiary/aromatic N) is 3. The van der Waals surface area contributed by atoms with Crippen molar-refractivity contribution in [3.8, 4) is 17.1 Å². The maximum atomic E-state index is 5.66. The predicted octanol–water partition coefficient (Wildman–Crippen LogP) is 1.99. The van der Waals surface area contributed by atoms with Gasteiger partial charge in [0, 0.05) is 12.6 Å². The van der Waals surface area contributed by atoms with Crippen molar-refractivity contribution in [1.29, 1.82) is 0 Å². The van der Waals surface area contributed by atoms with Crippen LogP contribution in [0, 0.1) is 0 Å². The minimum atomic E-state index is -0.0411. The van der Waals surface area contributed by atoms with Gasteiger partial charge in [0.2, 0.25) is 5.88 Å². The first kappa shape index (κ1) is 14.9. The lowest BCUT2D eigenvalue weighted by molar-refractivity contribution is 0.242. The number of ether oxygens (including phenoxy) is 2. The van der Waals surface area contributed by atoms with E-state index >= 15 is 0 Å². The van der Waals surface area contributed by atoms with Crippen LogP contribution < -0.4 is 10.1 Å². The fourth-order valence-electron chi connectivity index (χ4n) is 3.58. The average Bonchev–Trinajstić information content (AvgIpc) is 3.03. The third-order valence-corrected chi connectivity index (χ3v) is 4.81. The van der Waals surface area contributed by atoms with Crippen LogP contribution >= 0.6 is 0 Å². The first-order chi connectivity index (χ1) is 11.7. The smallest absolute Gasteiger partial charge is 0.284 e. The zero-order valence-corrected chi connectivity index (χ0v) is 13.9. The van der Waals surface area contributed by atoms with Crippen LogP contribution in [0.1, 0.15) is 17.5 Å². The molecule has 2 aliphatic rings. The lowest BCUT2D eigenvalue weighted by atomic mass is 9.77. The number of hydrogen-bond donors (Lipinski definition) is 1. The second kappa shape index (κ2) is 5.78. The number of hydrogen-bond acceptors (Lipinski definition) is 5. The highest BCUT2D eigenvalue weighted by atomic mass is 16.5. The van der Waals surface area contributed by atoms with Gasteiger partial charge in [-0.1, -0.05) is 18.2 Å². The summed E-state index contributed by atoms with van der Waals surface area (Å²) in [5.74, 6) is 0.534. The molecular formula is C18H20N4O2. The van der Waals surface area contributed by atoms with Crippen molar-refractivity contribution >= 4 is 6.02 Å². The Morgan fingerprint density at radius 3 is 3.04 bits per heavy atom. The minimum Gasteiger partial charge on any atom is -0.480 e. The lowest BCUT2D eigenvalue weighted by Crippen LogP contribution is -2.48. The number of rotatable bonds is 2. The van der Waals surface area contributed by atoms with Gasteiger partial charge < -0.3 is 14.8 Å². The summed E-state index contributed by atoms with van der Waals surface area (Å²) in [6.45, 7) is 0.669. The Kier molecular flexibility index (Phi) is 3.59. The van der Waals surface area contributed by atoms with E-state index in [1.54, 1.807) is 26.6 Å². The molecule has 4 rings (SSSR count). The standard InChI is InChI=1S/C18H20N4O2/c1-19-17-22-18(11-24-17)7-6-13-12(8-18)4-3-5-14(13)15-9-20-10-16(21-15)23-2/h3-5,9-10H,6-8,11H2,1-2H3,(H,19,22). The zero-order chi connectivity index (χ0) is 16.6. The largest absolute Gasteiger partial charge is 0.480 e. The summed E-state index contributed by atoms with van der Waals surface area (Å²) in [6.07, 6.45) is 6.32. The Morgan fingerprint density at radius 1 is 1.33 bits per heavy atom. The molecule has 1 aromatic carbocycles. The number of benzene rings is 1. The van der Waals surface area contributed by atoms with Crippen LogP contribution in [0.15, 0.2) is 35.6 Å². The molecule has 6 heteroatoms. The number of amidine groups is 1. The van der Waals surface area contributed by atoms with Gasteiger partial charge in [-0.15, -0.1) is 0 Å². The van der Waals surface area contributed by atoms with Gasteiger partial charge >= 0.3 is 0 Å².